The van der Waals surface area contributed by atoms with Crippen molar-refractivity contribution in [3.05, 3.63) is 59.9 Å². The first-order valence-corrected chi connectivity index (χ1v) is 8.79. The summed E-state index contributed by atoms with van der Waals surface area (Å²) in [5, 5.41) is 3.37. The topological polar surface area (TPSA) is 54.5 Å². The summed E-state index contributed by atoms with van der Waals surface area (Å²) >= 11 is 0. The number of amides is 1. The summed E-state index contributed by atoms with van der Waals surface area (Å²) in [5.41, 5.74) is 2.05. The predicted octanol–water partition coefficient (Wildman–Crippen LogP) is 3.01. The van der Waals surface area contributed by atoms with Gasteiger partial charge in [0.15, 0.2) is 0 Å². The van der Waals surface area contributed by atoms with Gasteiger partial charge in [0.25, 0.3) is 0 Å². The predicted molar refractivity (Wildman–Crippen MR) is 105 cm³/mol. The van der Waals surface area contributed by atoms with Gasteiger partial charge in [0.05, 0.1) is 18.6 Å². The highest BCUT2D eigenvalue weighted by Gasteiger charge is 2.27. The molecule has 0 bridgehead atoms. The minimum absolute atomic E-state index is 0. The van der Waals surface area contributed by atoms with Crippen LogP contribution in [0, 0.1) is 0 Å². The van der Waals surface area contributed by atoms with Gasteiger partial charge < -0.3 is 15.0 Å². The number of hydrogen-bond donors (Lipinski definition) is 1. The van der Waals surface area contributed by atoms with Crippen molar-refractivity contribution in [3.8, 4) is 5.75 Å². The highest BCUT2D eigenvalue weighted by Crippen LogP contribution is 2.23. The van der Waals surface area contributed by atoms with E-state index in [-0.39, 0.29) is 30.5 Å². The zero-order valence-corrected chi connectivity index (χ0v) is 16.0. The van der Waals surface area contributed by atoms with Gasteiger partial charge in [-0.3, -0.25) is 9.78 Å². The Morgan fingerprint density at radius 3 is 2.92 bits per heavy atom. The van der Waals surface area contributed by atoms with Crippen LogP contribution in [-0.4, -0.2) is 41.5 Å². The molecule has 5 nitrogen and oxygen atoms in total. The molecular formula is C20H26ClN3O2. The zero-order valence-electron chi connectivity index (χ0n) is 15.2. The molecule has 2 aromatic rings. The molecule has 1 fully saturated rings. The Bertz CT molecular complexity index is 709. The molecule has 1 aliphatic heterocycles. The molecule has 1 atom stereocenters. The second-order valence-electron chi connectivity index (χ2n) is 6.58. The molecule has 1 N–H and O–H groups in total. The molecule has 0 radical (unpaired) electrons. The van der Waals surface area contributed by atoms with E-state index in [1.165, 1.54) is 0 Å². The first-order chi connectivity index (χ1) is 12.1. The molecule has 6 heteroatoms. The minimum Gasteiger partial charge on any atom is -0.491 e. The quantitative estimate of drug-likeness (QED) is 0.872. The molecule has 1 aromatic heterocycles. The van der Waals surface area contributed by atoms with Gasteiger partial charge in [-0.15, -0.1) is 12.4 Å². The molecule has 1 saturated heterocycles. The van der Waals surface area contributed by atoms with Gasteiger partial charge in [0.1, 0.15) is 5.75 Å². The average molecular weight is 376 g/mol. The largest absolute Gasteiger partial charge is 0.491 e. The lowest BCUT2D eigenvalue weighted by molar-refractivity contribution is -0.133. The fourth-order valence-corrected chi connectivity index (χ4v) is 3.15. The Kier molecular flexibility index (Phi) is 7.42. The number of ether oxygens (including phenoxy) is 1. The number of nitrogens with zero attached hydrogens (tertiary/aromatic N) is 2. The van der Waals surface area contributed by atoms with Gasteiger partial charge in [-0.25, -0.2) is 0 Å². The van der Waals surface area contributed by atoms with E-state index in [1.54, 1.807) is 6.20 Å². The number of benzene rings is 1. The molecule has 0 saturated carbocycles. The number of carbonyl (C=O) groups excluding carboxylic acids is 1. The number of hydrogen-bond acceptors (Lipinski definition) is 4. The Morgan fingerprint density at radius 1 is 1.35 bits per heavy atom. The van der Waals surface area contributed by atoms with E-state index in [9.17, 15) is 4.79 Å². The third kappa shape index (κ3) is 5.19. The first kappa shape index (κ1) is 20.2. The van der Waals surface area contributed by atoms with Crippen LogP contribution in [0.1, 0.15) is 31.0 Å². The molecule has 0 spiro atoms. The number of aromatic nitrogens is 1. The van der Waals surface area contributed by atoms with Crippen molar-refractivity contribution in [2.45, 2.75) is 32.4 Å². The third-order valence-corrected chi connectivity index (χ3v) is 4.26. The highest BCUT2D eigenvalue weighted by atomic mass is 35.5. The van der Waals surface area contributed by atoms with Gasteiger partial charge in [0.2, 0.25) is 5.91 Å². The van der Waals surface area contributed by atoms with E-state index in [2.05, 4.69) is 10.3 Å². The second kappa shape index (κ2) is 9.55. The van der Waals surface area contributed by atoms with Crippen molar-refractivity contribution < 1.29 is 9.53 Å². The Balaban J connectivity index is 0.00000243. The smallest absolute Gasteiger partial charge is 0.227 e. The van der Waals surface area contributed by atoms with Crippen LogP contribution in [0.15, 0.2) is 48.8 Å². The van der Waals surface area contributed by atoms with Crippen LogP contribution in [0.3, 0.4) is 0 Å². The van der Waals surface area contributed by atoms with Crippen LogP contribution in [0.5, 0.6) is 5.75 Å². The van der Waals surface area contributed by atoms with Crippen LogP contribution < -0.4 is 10.1 Å². The number of piperazine rings is 1. The summed E-state index contributed by atoms with van der Waals surface area (Å²) < 4.78 is 5.73. The molecule has 2 heterocycles. The van der Waals surface area contributed by atoms with E-state index in [0.717, 1.165) is 30.0 Å². The van der Waals surface area contributed by atoms with Crippen LogP contribution in [-0.2, 0) is 11.2 Å². The Labute approximate surface area is 161 Å². The lowest BCUT2D eigenvalue weighted by atomic mass is 10.0. The molecule has 1 unspecified atom stereocenters. The molecule has 1 aromatic carbocycles. The minimum atomic E-state index is 0. The Morgan fingerprint density at radius 2 is 2.19 bits per heavy atom. The molecule has 140 valence electrons. The summed E-state index contributed by atoms with van der Waals surface area (Å²) in [6, 6.07) is 11.8. The van der Waals surface area contributed by atoms with E-state index in [4.69, 9.17) is 4.74 Å². The van der Waals surface area contributed by atoms with Crippen molar-refractivity contribution in [3.63, 3.8) is 0 Å². The van der Waals surface area contributed by atoms with Crippen LogP contribution >= 0.6 is 12.4 Å². The Hall–Kier alpha value is -2.11. The summed E-state index contributed by atoms with van der Waals surface area (Å²) in [5.74, 6) is 0.946. The van der Waals surface area contributed by atoms with Crippen molar-refractivity contribution in [1.82, 2.24) is 15.2 Å². The SMILES string of the molecule is CC(C)Oc1cccc(CC(=O)N2CCNCC2c2cccnc2)c1.Cl. The van der Waals surface area contributed by atoms with Gasteiger partial charge in [-0.05, 0) is 43.2 Å². The van der Waals surface area contributed by atoms with Crippen molar-refractivity contribution >= 4 is 18.3 Å². The third-order valence-electron chi connectivity index (χ3n) is 4.26. The normalized spacial score (nSPS) is 16.9. The van der Waals surface area contributed by atoms with Gasteiger partial charge in [-0.1, -0.05) is 18.2 Å². The summed E-state index contributed by atoms with van der Waals surface area (Å²) in [4.78, 5) is 19.1. The molecule has 1 amide bonds. The number of halogens is 1. The summed E-state index contributed by atoms with van der Waals surface area (Å²) in [6.07, 6.45) is 4.10. The van der Waals surface area contributed by atoms with E-state index in [1.807, 2.05) is 61.3 Å². The van der Waals surface area contributed by atoms with Gasteiger partial charge in [0, 0.05) is 32.0 Å². The first-order valence-electron chi connectivity index (χ1n) is 8.79. The lowest BCUT2D eigenvalue weighted by Crippen LogP contribution is -2.49. The number of pyridine rings is 1. The van der Waals surface area contributed by atoms with E-state index in [0.29, 0.717) is 13.0 Å². The van der Waals surface area contributed by atoms with Crippen LogP contribution in [0.2, 0.25) is 0 Å². The van der Waals surface area contributed by atoms with Crippen molar-refractivity contribution in [2.24, 2.45) is 0 Å². The van der Waals surface area contributed by atoms with E-state index >= 15 is 0 Å². The molecule has 26 heavy (non-hydrogen) atoms. The highest BCUT2D eigenvalue weighted by molar-refractivity contribution is 5.85. The number of rotatable bonds is 5. The lowest BCUT2D eigenvalue weighted by Gasteiger charge is -2.36. The van der Waals surface area contributed by atoms with Crippen LogP contribution in [0.25, 0.3) is 0 Å². The van der Waals surface area contributed by atoms with E-state index < -0.39 is 0 Å². The van der Waals surface area contributed by atoms with Crippen molar-refractivity contribution in [1.29, 1.82) is 0 Å². The monoisotopic (exact) mass is 375 g/mol. The fourth-order valence-electron chi connectivity index (χ4n) is 3.15. The maximum Gasteiger partial charge on any atom is 0.227 e. The van der Waals surface area contributed by atoms with Gasteiger partial charge in [-0.2, -0.15) is 0 Å². The summed E-state index contributed by atoms with van der Waals surface area (Å²) in [6.45, 7) is 6.28. The maximum atomic E-state index is 12.9. The second-order valence-corrected chi connectivity index (χ2v) is 6.58. The molecular weight excluding hydrogens is 350 g/mol. The van der Waals surface area contributed by atoms with Crippen LogP contribution in [0.4, 0.5) is 0 Å². The average Bonchev–Trinajstić information content (AvgIpc) is 2.62. The molecule has 0 aliphatic carbocycles. The molecule has 3 rings (SSSR count). The van der Waals surface area contributed by atoms with Gasteiger partial charge >= 0.3 is 0 Å². The summed E-state index contributed by atoms with van der Waals surface area (Å²) in [7, 11) is 0. The van der Waals surface area contributed by atoms with Crippen molar-refractivity contribution in [2.75, 3.05) is 19.6 Å². The zero-order chi connectivity index (χ0) is 17.6. The number of carbonyl (C=O) groups is 1. The number of nitrogens with one attached hydrogen (secondary N) is 1. The molecule has 1 aliphatic rings. The maximum absolute atomic E-state index is 12.9. The standard InChI is InChI=1S/C20H25N3O2.ClH/c1-15(2)25-18-7-3-5-16(11-18)12-20(24)23-10-9-22-14-19(23)17-6-4-8-21-13-17;/h3-8,11,13,15,19,22H,9-10,12,14H2,1-2H3;1H. The fraction of sp³-hybridized carbons (Fsp3) is 0.400.